The standard InChI is InChI=1S/C19H32N2O2/c1-6-11-23-18-10-8-7-9-16(18)17(12-14(2)3)21-19(22)15(4)13-20-5/h7-10,14-15,17,20H,6,11-13H2,1-5H3,(H,21,22). The molecule has 0 aromatic heterocycles. The van der Waals surface area contributed by atoms with Crippen molar-refractivity contribution in [2.24, 2.45) is 11.8 Å². The largest absolute Gasteiger partial charge is 0.493 e. The van der Waals surface area contributed by atoms with Crippen molar-refractivity contribution in [3.63, 3.8) is 0 Å². The molecule has 0 aliphatic carbocycles. The van der Waals surface area contributed by atoms with Gasteiger partial charge in [-0.3, -0.25) is 4.79 Å². The van der Waals surface area contributed by atoms with Gasteiger partial charge in [0.15, 0.2) is 0 Å². The van der Waals surface area contributed by atoms with E-state index in [4.69, 9.17) is 4.74 Å². The summed E-state index contributed by atoms with van der Waals surface area (Å²) in [5.74, 6) is 1.38. The maximum atomic E-state index is 12.4. The van der Waals surface area contributed by atoms with Crippen molar-refractivity contribution in [3.05, 3.63) is 29.8 Å². The van der Waals surface area contributed by atoms with E-state index in [-0.39, 0.29) is 17.9 Å². The SMILES string of the molecule is CCCOc1ccccc1C(CC(C)C)NC(=O)C(C)CNC. The predicted octanol–water partition coefficient (Wildman–Crippen LogP) is 3.53. The van der Waals surface area contributed by atoms with E-state index in [9.17, 15) is 4.79 Å². The van der Waals surface area contributed by atoms with Gasteiger partial charge in [-0.15, -0.1) is 0 Å². The Balaban J connectivity index is 2.95. The normalized spacial score (nSPS) is 13.7. The van der Waals surface area contributed by atoms with Crippen molar-refractivity contribution in [3.8, 4) is 5.75 Å². The zero-order valence-corrected chi connectivity index (χ0v) is 15.2. The second-order valence-electron chi connectivity index (χ2n) is 6.54. The quantitative estimate of drug-likeness (QED) is 0.693. The lowest BCUT2D eigenvalue weighted by atomic mass is 9.95. The number of nitrogens with one attached hydrogen (secondary N) is 2. The molecule has 4 heteroatoms. The first-order chi connectivity index (χ1) is 11.0. The lowest BCUT2D eigenvalue weighted by Gasteiger charge is -2.25. The highest BCUT2D eigenvalue weighted by Crippen LogP contribution is 2.30. The van der Waals surface area contributed by atoms with Crippen LogP contribution in [-0.4, -0.2) is 26.1 Å². The monoisotopic (exact) mass is 320 g/mol. The van der Waals surface area contributed by atoms with E-state index in [1.54, 1.807) is 0 Å². The lowest BCUT2D eigenvalue weighted by Crippen LogP contribution is -2.37. The van der Waals surface area contributed by atoms with E-state index in [1.807, 2.05) is 32.2 Å². The van der Waals surface area contributed by atoms with Crippen molar-refractivity contribution >= 4 is 5.91 Å². The second-order valence-corrected chi connectivity index (χ2v) is 6.54. The molecule has 1 aromatic rings. The number of carbonyl (C=O) groups is 1. The van der Waals surface area contributed by atoms with E-state index in [0.717, 1.165) is 24.2 Å². The Kier molecular flexibility index (Phi) is 8.70. The molecule has 23 heavy (non-hydrogen) atoms. The number of ether oxygens (including phenoxy) is 1. The molecule has 0 aliphatic heterocycles. The third-order valence-electron chi connectivity index (χ3n) is 3.74. The molecular weight excluding hydrogens is 288 g/mol. The highest BCUT2D eigenvalue weighted by atomic mass is 16.5. The molecule has 0 saturated carbocycles. The van der Waals surface area contributed by atoms with Crippen LogP contribution < -0.4 is 15.4 Å². The minimum Gasteiger partial charge on any atom is -0.493 e. The van der Waals surface area contributed by atoms with Crippen LogP contribution in [0.5, 0.6) is 5.75 Å². The maximum Gasteiger partial charge on any atom is 0.224 e. The number of amides is 1. The predicted molar refractivity (Wildman–Crippen MR) is 95.7 cm³/mol. The van der Waals surface area contributed by atoms with Crippen LogP contribution in [0.1, 0.15) is 52.1 Å². The highest BCUT2D eigenvalue weighted by molar-refractivity contribution is 5.79. The molecule has 0 radical (unpaired) electrons. The summed E-state index contributed by atoms with van der Waals surface area (Å²) >= 11 is 0. The van der Waals surface area contributed by atoms with Gasteiger partial charge in [0, 0.05) is 18.0 Å². The average Bonchev–Trinajstić information content (AvgIpc) is 2.52. The topological polar surface area (TPSA) is 50.4 Å². The Morgan fingerprint density at radius 3 is 2.52 bits per heavy atom. The Morgan fingerprint density at radius 1 is 1.22 bits per heavy atom. The Bertz CT molecular complexity index is 474. The Labute approximate surface area is 141 Å². The first kappa shape index (κ1) is 19.5. The number of rotatable bonds is 10. The van der Waals surface area contributed by atoms with Crippen LogP contribution in [0.3, 0.4) is 0 Å². The average molecular weight is 320 g/mol. The molecule has 130 valence electrons. The van der Waals surface area contributed by atoms with Gasteiger partial charge in [0.25, 0.3) is 0 Å². The molecule has 0 heterocycles. The molecule has 1 amide bonds. The summed E-state index contributed by atoms with van der Waals surface area (Å²) in [6, 6.07) is 8.01. The van der Waals surface area contributed by atoms with Gasteiger partial charge in [0.1, 0.15) is 5.75 Å². The van der Waals surface area contributed by atoms with Gasteiger partial charge >= 0.3 is 0 Å². The van der Waals surface area contributed by atoms with E-state index < -0.39 is 0 Å². The molecule has 0 spiro atoms. The van der Waals surface area contributed by atoms with Crippen LogP contribution in [0.25, 0.3) is 0 Å². The van der Waals surface area contributed by atoms with Gasteiger partial charge < -0.3 is 15.4 Å². The lowest BCUT2D eigenvalue weighted by molar-refractivity contribution is -0.125. The van der Waals surface area contributed by atoms with Crippen LogP contribution in [-0.2, 0) is 4.79 Å². The summed E-state index contributed by atoms with van der Waals surface area (Å²) in [6.07, 6.45) is 1.86. The third kappa shape index (κ3) is 6.61. The van der Waals surface area contributed by atoms with Crippen molar-refractivity contribution in [1.29, 1.82) is 0 Å². The number of hydrogen-bond donors (Lipinski definition) is 2. The number of benzene rings is 1. The zero-order chi connectivity index (χ0) is 17.2. The first-order valence-corrected chi connectivity index (χ1v) is 8.66. The van der Waals surface area contributed by atoms with E-state index in [1.165, 1.54) is 0 Å². The highest BCUT2D eigenvalue weighted by Gasteiger charge is 2.22. The van der Waals surface area contributed by atoms with Crippen LogP contribution in [0.4, 0.5) is 0 Å². The molecule has 2 unspecified atom stereocenters. The molecule has 1 rings (SSSR count). The summed E-state index contributed by atoms with van der Waals surface area (Å²) in [4.78, 5) is 12.4. The van der Waals surface area contributed by atoms with E-state index in [0.29, 0.717) is 19.1 Å². The molecule has 0 fully saturated rings. The summed E-state index contributed by atoms with van der Waals surface area (Å²) in [5.41, 5.74) is 1.07. The van der Waals surface area contributed by atoms with Gasteiger partial charge in [-0.2, -0.15) is 0 Å². The third-order valence-corrected chi connectivity index (χ3v) is 3.74. The van der Waals surface area contributed by atoms with E-state index >= 15 is 0 Å². The molecule has 2 N–H and O–H groups in total. The number of para-hydroxylation sites is 1. The second kappa shape index (κ2) is 10.3. The minimum absolute atomic E-state index is 0.0186. The fraction of sp³-hybridized carbons (Fsp3) is 0.632. The van der Waals surface area contributed by atoms with Crippen LogP contribution in [0, 0.1) is 11.8 Å². The fourth-order valence-corrected chi connectivity index (χ4v) is 2.56. The van der Waals surface area contributed by atoms with Gasteiger partial charge in [-0.25, -0.2) is 0 Å². The van der Waals surface area contributed by atoms with Gasteiger partial charge in [-0.05, 0) is 31.9 Å². The van der Waals surface area contributed by atoms with E-state index in [2.05, 4.69) is 37.5 Å². The Hall–Kier alpha value is -1.55. The van der Waals surface area contributed by atoms with Gasteiger partial charge in [0.2, 0.25) is 5.91 Å². The van der Waals surface area contributed by atoms with Gasteiger partial charge in [0.05, 0.1) is 12.6 Å². The molecule has 4 nitrogen and oxygen atoms in total. The van der Waals surface area contributed by atoms with Crippen molar-refractivity contribution in [2.75, 3.05) is 20.2 Å². The van der Waals surface area contributed by atoms with Crippen molar-refractivity contribution < 1.29 is 9.53 Å². The molecule has 2 atom stereocenters. The fourth-order valence-electron chi connectivity index (χ4n) is 2.56. The molecular formula is C19H32N2O2. The summed E-state index contributed by atoms with van der Waals surface area (Å²) in [5, 5.41) is 6.26. The van der Waals surface area contributed by atoms with Crippen LogP contribution in [0.15, 0.2) is 24.3 Å². The molecule has 0 bridgehead atoms. The number of carbonyl (C=O) groups excluding carboxylic acids is 1. The Morgan fingerprint density at radius 2 is 1.91 bits per heavy atom. The summed E-state index contributed by atoms with van der Waals surface area (Å²) < 4.78 is 5.87. The maximum absolute atomic E-state index is 12.4. The van der Waals surface area contributed by atoms with Crippen molar-refractivity contribution in [1.82, 2.24) is 10.6 Å². The summed E-state index contributed by atoms with van der Waals surface area (Å²) in [6.45, 7) is 9.74. The number of hydrogen-bond acceptors (Lipinski definition) is 3. The zero-order valence-electron chi connectivity index (χ0n) is 15.2. The van der Waals surface area contributed by atoms with Crippen LogP contribution >= 0.6 is 0 Å². The minimum atomic E-state index is -0.0571. The first-order valence-electron chi connectivity index (χ1n) is 8.66. The smallest absolute Gasteiger partial charge is 0.224 e. The van der Waals surface area contributed by atoms with Gasteiger partial charge in [-0.1, -0.05) is 45.9 Å². The molecule has 0 saturated heterocycles. The molecule has 0 aliphatic rings. The molecule has 1 aromatic carbocycles. The van der Waals surface area contributed by atoms with Crippen LogP contribution in [0.2, 0.25) is 0 Å². The summed E-state index contributed by atoms with van der Waals surface area (Å²) in [7, 11) is 1.86. The van der Waals surface area contributed by atoms with Crippen molar-refractivity contribution in [2.45, 2.75) is 46.6 Å².